The van der Waals surface area contributed by atoms with Crippen LogP contribution in [0.15, 0.2) is 47.4 Å². The number of hydrogen-bond acceptors (Lipinski definition) is 4. The zero-order valence-electron chi connectivity index (χ0n) is 14.5. The Morgan fingerprint density at radius 1 is 1.16 bits per heavy atom. The maximum Gasteiger partial charge on any atom is 0.351 e. The van der Waals surface area contributed by atoms with E-state index in [9.17, 15) is 4.79 Å². The van der Waals surface area contributed by atoms with Crippen molar-refractivity contribution in [2.45, 2.75) is 45.2 Å². The molecular formula is C19H23N5O. The molecule has 1 aliphatic heterocycles. The number of rotatable bonds is 4. The first-order chi connectivity index (χ1) is 12.3. The van der Waals surface area contributed by atoms with E-state index in [0.717, 1.165) is 24.3 Å². The van der Waals surface area contributed by atoms with Crippen molar-refractivity contribution in [2.75, 3.05) is 11.4 Å². The molecule has 130 valence electrons. The summed E-state index contributed by atoms with van der Waals surface area (Å²) in [6, 6.07) is 12.4. The van der Waals surface area contributed by atoms with Crippen molar-refractivity contribution in [3.63, 3.8) is 0 Å². The van der Waals surface area contributed by atoms with Gasteiger partial charge in [0, 0.05) is 18.8 Å². The lowest BCUT2D eigenvalue weighted by atomic mass is 10.0. The standard InChI is InChI=1S/C19H23N5O/c1-2-16-10-6-7-12-22(16)17-11-13-23-18(20-17)21-24(19(23)25)14-15-8-4-3-5-9-15/h3-5,8-9,11,13,16H,2,6-7,10,12,14H2,1H3. The molecule has 0 spiro atoms. The summed E-state index contributed by atoms with van der Waals surface area (Å²) in [5.74, 6) is 1.40. The molecule has 1 fully saturated rings. The predicted octanol–water partition coefficient (Wildman–Crippen LogP) is 2.71. The Bertz CT molecular complexity index is 914. The van der Waals surface area contributed by atoms with Crippen molar-refractivity contribution >= 4 is 11.6 Å². The number of nitrogens with zero attached hydrogens (tertiary/aromatic N) is 5. The lowest BCUT2D eigenvalue weighted by molar-refractivity contribution is 0.447. The van der Waals surface area contributed by atoms with Gasteiger partial charge in [0.25, 0.3) is 5.78 Å². The molecule has 0 N–H and O–H groups in total. The van der Waals surface area contributed by atoms with E-state index in [4.69, 9.17) is 0 Å². The van der Waals surface area contributed by atoms with Gasteiger partial charge in [0.15, 0.2) is 0 Å². The topological polar surface area (TPSA) is 55.4 Å². The van der Waals surface area contributed by atoms with Gasteiger partial charge < -0.3 is 4.90 Å². The number of fused-ring (bicyclic) bond motifs is 1. The van der Waals surface area contributed by atoms with Crippen LogP contribution in [0.25, 0.3) is 5.78 Å². The fourth-order valence-electron chi connectivity index (χ4n) is 3.64. The van der Waals surface area contributed by atoms with Crippen LogP contribution in [0.1, 0.15) is 38.2 Å². The monoisotopic (exact) mass is 337 g/mol. The summed E-state index contributed by atoms with van der Waals surface area (Å²) in [6.07, 6.45) is 6.59. The largest absolute Gasteiger partial charge is 0.353 e. The summed E-state index contributed by atoms with van der Waals surface area (Å²) in [4.78, 5) is 19.6. The molecule has 3 aromatic rings. The molecule has 6 heteroatoms. The Labute approximate surface area is 146 Å². The van der Waals surface area contributed by atoms with E-state index in [1.807, 2.05) is 36.4 Å². The first-order valence-corrected chi connectivity index (χ1v) is 9.03. The second-order valence-corrected chi connectivity index (χ2v) is 6.63. The molecule has 0 aliphatic carbocycles. The second kappa shape index (κ2) is 6.70. The number of piperidine rings is 1. The highest BCUT2D eigenvalue weighted by molar-refractivity contribution is 5.45. The van der Waals surface area contributed by atoms with Gasteiger partial charge in [0.1, 0.15) is 5.82 Å². The van der Waals surface area contributed by atoms with E-state index in [1.54, 1.807) is 6.20 Å². The second-order valence-electron chi connectivity index (χ2n) is 6.63. The fraction of sp³-hybridized carbons (Fsp3) is 0.421. The van der Waals surface area contributed by atoms with E-state index in [1.165, 1.54) is 28.3 Å². The molecule has 1 aliphatic rings. The van der Waals surface area contributed by atoms with E-state index in [0.29, 0.717) is 18.4 Å². The molecule has 1 unspecified atom stereocenters. The molecule has 6 nitrogen and oxygen atoms in total. The Kier molecular flexibility index (Phi) is 4.26. The minimum absolute atomic E-state index is 0.149. The maximum absolute atomic E-state index is 12.6. The average Bonchev–Trinajstić information content (AvgIpc) is 2.97. The molecule has 2 aromatic heterocycles. The van der Waals surface area contributed by atoms with Gasteiger partial charge in [-0.2, -0.15) is 4.98 Å². The van der Waals surface area contributed by atoms with Gasteiger partial charge in [-0.25, -0.2) is 13.9 Å². The summed E-state index contributed by atoms with van der Waals surface area (Å²) in [6.45, 7) is 3.71. The number of benzene rings is 1. The lowest BCUT2D eigenvalue weighted by Crippen LogP contribution is -2.39. The predicted molar refractivity (Wildman–Crippen MR) is 98.1 cm³/mol. The quantitative estimate of drug-likeness (QED) is 0.734. The number of aromatic nitrogens is 4. The van der Waals surface area contributed by atoms with Crippen molar-refractivity contribution in [2.24, 2.45) is 0 Å². The number of anilines is 1. The van der Waals surface area contributed by atoms with Crippen molar-refractivity contribution in [3.05, 3.63) is 58.6 Å². The highest BCUT2D eigenvalue weighted by Crippen LogP contribution is 2.24. The molecule has 0 radical (unpaired) electrons. The highest BCUT2D eigenvalue weighted by Gasteiger charge is 2.22. The summed E-state index contributed by atoms with van der Waals surface area (Å²) in [5, 5.41) is 4.44. The van der Waals surface area contributed by atoms with Crippen molar-refractivity contribution in [3.8, 4) is 0 Å². The van der Waals surface area contributed by atoms with E-state index >= 15 is 0 Å². The molecular weight excluding hydrogens is 314 g/mol. The van der Waals surface area contributed by atoms with Crippen LogP contribution in [0, 0.1) is 0 Å². The fourth-order valence-corrected chi connectivity index (χ4v) is 3.64. The lowest BCUT2D eigenvalue weighted by Gasteiger charge is -2.36. The zero-order valence-corrected chi connectivity index (χ0v) is 14.5. The third-order valence-corrected chi connectivity index (χ3v) is 5.01. The van der Waals surface area contributed by atoms with Crippen LogP contribution in [0.3, 0.4) is 0 Å². The molecule has 0 amide bonds. The van der Waals surface area contributed by atoms with E-state index < -0.39 is 0 Å². The van der Waals surface area contributed by atoms with Crippen molar-refractivity contribution in [1.82, 2.24) is 19.2 Å². The summed E-state index contributed by atoms with van der Waals surface area (Å²) < 4.78 is 3.01. The smallest absolute Gasteiger partial charge is 0.351 e. The molecule has 3 heterocycles. The van der Waals surface area contributed by atoms with Crippen molar-refractivity contribution in [1.29, 1.82) is 0 Å². The van der Waals surface area contributed by atoms with Gasteiger partial charge in [-0.15, -0.1) is 5.10 Å². The summed E-state index contributed by atoms with van der Waals surface area (Å²) in [7, 11) is 0. The average molecular weight is 337 g/mol. The van der Waals surface area contributed by atoms with Gasteiger partial charge in [0.05, 0.1) is 6.54 Å². The number of hydrogen-bond donors (Lipinski definition) is 0. The van der Waals surface area contributed by atoms with Crippen LogP contribution in [-0.4, -0.2) is 31.8 Å². The normalized spacial score (nSPS) is 18.0. The summed E-state index contributed by atoms with van der Waals surface area (Å²) in [5.41, 5.74) is 0.902. The van der Waals surface area contributed by atoms with Gasteiger partial charge >= 0.3 is 5.69 Å². The van der Waals surface area contributed by atoms with Crippen molar-refractivity contribution < 1.29 is 0 Å². The molecule has 1 atom stereocenters. The summed E-state index contributed by atoms with van der Waals surface area (Å²) >= 11 is 0. The van der Waals surface area contributed by atoms with Crippen LogP contribution in [-0.2, 0) is 6.54 Å². The molecule has 4 rings (SSSR count). The van der Waals surface area contributed by atoms with Gasteiger partial charge in [-0.05, 0) is 37.3 Å². The Morgan fingerprint density at radius 3 is 2.80 bits per heavy atom. The van der Waals surface area contributed by atoms with Crippen LogP contribution in [0.4, 0.5) is 5.82 Å². The molecule has 0 bridgehead atoms. The minimum atomic E-state index is -0.149. The van der Waals surface area contributed by atoms with E-state index in [-0.39, 0.29) is 5.69 Å². The molecule has 25 heavy (non-hydrogen) atoms. The first-order valence-electron chi connectivity index (χ1n) is 9.03. The third kappa shape index (κ3) is 3.04. The minimum Gasteiger partial charge on any atom is -0.353 e. The van der Waals surface area contributed by atoms with Gasteiger partial charge in [0.2, 0.25) is 0 Å². The van der Waals surface area contributed by atoms with E-state index in [2.05, 4.69) is 21.9 Å². The van der Waals surface area contributed by atoms with Crippen LogP contribution < -0.4 is 10.6 Å². The first kappa shape index (κ1) is 15.9. The highest BCUT2D eigenvalue weighted by atomic mass is 16.2. The molecule has 1 saturated heterocycles. The van der Waals surface area contributed by atoms with Crippen LogP contribution in [0.2, 0.25) is 0 Å². The molecule has 1 aromatic carbocycles. The maximum atomic E-state index is 12.6. The van der Waals surface area contributed by atoms with Gasteiger partial charge in [-0.3, -0.25) is 0 Å². The Balaban J connectivity index is 1.68. The van der Waals surface area contributed by atoms with Crippen LogP contribution in [0.5, 0.6) is 0 Å². The SMILES string of the molecule is CCC1CCCCN1c1ccn2c(=O)n(Cc3ccccc3)nc2n1. The zero-order chi connectivity index (χ0) is 17.2. The third-order valence-electron chi connectivity index (χ3n) is 5.01. The van der Waals surface area contributed by atoms with Crippen LogP contribution >= 0.6 is 0 Å². The molecule has 0 saturated carbocycles. The Hall–Kier alpha value is -2.63. The van der Waals surface area contributed by atoms with Gasteiger partial charge in [-0.1, -0.05) is 37.3 Å². The Morgan fingerprint density at radius 2 is 2.00 bits per heavy atom.